The van der Waals surface area contributed by atoms with Crippen LogP contribution in [0, 0.1) is 6.92 Å². The molecule has 0 saturated heterocycles. The van der Waals surface area contributed by atoms with Crippen LogP contribution in [-0.2, 0) is 34.1 Å². The lowest BCUT2D eigenvalue weighted by Crippen LogP contribution is -2.11. The Labute approximate surface area is 276 Å². The van der Waals surface area contributed by atoms with Gasteiger partial charge in [-0.25, -0.2) is 0 Å². The first-order valence-corrected chi connectivity index (χ1v) is 17.3. The van der Waals surface area contributed by atoms with Crippen LogP contribution >= 0.6 is 0 Å². The summed E-state index contributed by atoms with van der Waals surface area (Å²) in [5, 5.41) is 1.13. The normalized spacial score (nSPS) is 11.4. The molecule has 6 rings (SSSR count). The Morgan fingerprint density at radius 2 is 1.15 bits per heavy atom. The molecule has 240 valence electrons. The first-order chi connectivity index (χ1) is 22.8. The summed E-state index contributed by atoms with van der Waals surface area (Å²) in [6, 6.07) is 42.7. The van der Waals surface area contributed by atoms with Gasteiger partial charge in [0.25, 0.3) is 10.1 Å². The van der Waals surface area contributed by atoms with Crippen LogP contribution in [0.2, 0.25) is 0 Å². The van der Waals surface area contributed by atoms with Gasteiger partial charge in [0.15, 0.2) is 0 Å². The minimum atomic E-state index is -3.50. The van der Waals surface area contributed by atoms with E-state index in [-0.39, 0.29) is 13.2 Å². The Balaban J connectivity index is 1.26. The van der Waals surface area contributed by atoms with Crippen LogP contribution in [0.25, 0.3) is 22.2 Å². The highest BCUT2D eigenvalue weighted by atomic mass is 32.2. The summed E-state index contributed by atoms with van der Waals surface area (Å²) in [5.74, 6) is 2.28. The predicted octanol–water partition coefficient (Wildman–Crippen LogP) is 8.18. The highest BCUT2D eigenvalue weighted by Crippen LogP contribution is 2.37. The minimum Gasteiger partial charge on any atom is -0.491 e. The Bertz CT molecular complexity index is 2020. The van der Waals surface area contributed by atoms with Crippen molar-refractivity contribution in [2.45, 2.75) is 26.7 Å². The number of aromatic nitrogens is 1. The quantitative estimate of drug-likeness (QED) is 0.0877. The van der Waals surface area contributed by atoms with Crippen molar-refractivity contribution >= 4 is 21.0 Å². The molecule has 7 nitrogen and oxygen atoms in total. The van der Waals surface area contributed by atoms with Gasteiger partial charge in [0.1, 0.15) is 43.7 Å². The fourth-order valence-electron chi connectivity index (χ4n) is 5.54. The van der Waals surface area contributed by atoms with Crippen LogP contribution in [-0.4, -0.2) is 32.5 Å². The largest absolute Gasteiger partial charge is 0.491 e. The highest BCUT2D eigenvalue weighted by molar-refractivity contribution is 7.85. The summed E-state index contributed by atoms with van der Waals surface area (Å²) in [6.07, 6.45) is 1.02. The molecule has 0 N–H and O–H groups in total. The topological polar surface area (TPSA) is 76.0 Å². The van der Waals surface area contributed by atoms with Crippen LogP contribution in [0.1, 0.15) is 22.3 Å². The van der Waals surface area contributed by atoms with Crippen molar-refractivity contribution in [2.24, 2.45) is 0 Å². The summed E-state index contributed by atoms with van der Waals surface area (Å²) in [5.41, 5.74) is 7.80. The maximum absolute atomic E-state index is 11.2. The number of benzene rings is 5. The molecule has 1 aromatic heterocycles. The molecule has 0 amide bonds. The molecule has 5 aromatic carbocycles. The number of ether oxygens (including phenoxy) is 3. The fourth-order valence-corrected chi connectivity index (χ4v) is 5.91. The van der Waals surface area contributed by atoms with E-state index in [0.717, 1.165) is 62.2 Å². The lowest BCUT2D eigenvalue weighted by molar-refractivity contribution is 0.222. The van der Waals surface area contributed by atoms with Gasteiger partial charge in [-0.2, -0.15) is 8.42 Å². The van der Waals surface area contributed by atoms with E-state index in [0.29, 0.717) is 25.5 Å². The lowest BCUT2D eigenvalue weighted by Gasteiger charge is -2.14. The van der Waals surface area contributed by atoms with Crippen LogP contribution in [0.3, 0.4) is 0 Å². The second kappa shape index (κ2) is 14.6. The molecular formula is C39H37NO6S. The number of hydrogen-bond acceptors (Lipinski definition) is 6. The molecule has 0 fully saturated rings. The first kappa shape index (κ1) is 31.9. The van der Waals surface area contributed by atoms with Crippen LogP contribution in [0.15, 0.2) is 127 Å². The van der Waals surface area contributed by atoms with Gasteiger partial charge in [-0.05, 0) is 89.3 Å². The molecule has 0 spiro atoms. The number of fused-ring (bicyclic) bond motifs is 1. The lowest BCUT2D eigenvalue weighted by atomic mass is 10.1. The molecular weight excluding hydrogens is 610 g/mol. The third kappa shape index (κ3) is 8.41. The third-order valence-corrected chi connectivity index (χ3v) is 8.42. The summed E-state index contributed by atoms with van der Waals surface area (Å²) in [6.45, 7) is 3.90. The zero-order valence-electron chi connectivity index (χ0n) is 26.5. The van der Waals surface area contributed by atoms with Gasteiger partial charge < -0.3 is 18.8 Å². The van der Waals surface area contributed by atoms with E-state index in [1.807, 2.05) is 78.9 Å². The Morgan fingerprint density at radius 1 is 0.596 bits per heavy atom. The molecule has 0 bridgehead atoms. The van der Waals surface area contributed by atoms with E-state index in [4.69, 9.17) is 18.4 Å². The van der Waals surface area contributed by atoms with Crippen molar-refractivity contribution in [3.05, 3.63) is 150 Å². The van der Waals surface area contributed by atoms with Crippen LogP contribution in [0.4, 0.5) is 0 Å². The number of nitrogens with zero attached hydrogens (tertiary/aromatic N) is 1. The average Bonchev–Trinajstić information content (AvgIpc) is 3.36. The summed E-state index contributed by atoms with van der Waals surface area (Å²) in [7, 11) is -3.50. The van der Waals surface area contributed by atoms with Gasteiger partial charge in [0, 0.05) is 17.4 Å². The molecule has 8 heteroatoms. The Hall–Kier alpha value is -5.05. The first-order valence-electron chi connectivity index (χ1n) is 15.5. The molecule has 1 heterocycles. The zero-order valence-corrected chi connectivity index (χ0v) is 27.3. The highest BCUT2D eigenvalue weighted by Gasteiger charge is 2.18. The van der Waals surface area contributed by atoms with E-state index < -0.39 is 10.1 Å². The third-order valence-electron chi connectivity index (χ3n) is 7.83. The van der Waals surface area contributed by atoms with E-state index in [1.165, 1.54) is 0 Å². The maximum Gasteiger partial charge on any atom is 0.264 e. The van der Waals surface area contributed by atoms with E-state index in [2.05, 4.69) is 60.0 Å². The monoisotopic (exact) mass is 647 g/mol. The Morgan fingerprint density at radius 3 is 1.77 bits per heavy atom. The molecule has 0 atom stereocenters. The van der Waals surface area contributed by atoms with Gasteiger partial charge in [0.05, 0.1) is 11.9 Å². The van der Waals surface area contributed by atoms with Gasteiger partial charge in [-0.15, -0.1) is 0 Å². The molecule has 0 saturated carbocycles. The van der Waals surface area contributed by atoms with Crippen LogP contribution in [0.5, 0.6) is 17.2 Å². The second-order valence-corrected chi connectivity index (χ2v) is 13.0. The molecule has 47 heavy (non-hydrogen) atoms. The number of aryl methyl sites for hydroxylation is 1. The van der Waals surface area contributed by atoms with Crippen molar-refractivity contribution in [3.8, 4) is 28.5 Å². The van der Waals surface area contributed by atoms with Gasteiger partial charge in [0.2, 0.25) is 0 Å². The molecule has 0 unspecified atom stereocenters. The van der Waals surface area contributed by atoms with Crippen molar-refractivity contribution in [2.75, 3.05) is 19.5 Å². The minimum absolute atomic E-state index is 0.0360. The average molecular weight is 648 g/mol. The number of rotatable bonds is 14. The molecule has 0 aliphatic heterocycles. The van der Waals surface area contributed by atoms with Gasteiger partial charge in [-0.1, -0.05) is 72.8 Å². The molecule has 6 aromatic rings. The smallest absolute Gasteiger partial charge is 0.264 e. The van der Waals surface area contributed by atoms with Gasteiger partial charge >= 0.3 is 0 Å². The van der Waals surface area contributed by atoms with Crippen molar-refractivity contribution < 1.29 is 26.8 Å². The van der Waals surface area contributed by atoms with E-state index in [1.54, 1.807) is 0 Å². The van der Waals surface area contributed by atoms with E-state index >= 15 is 0 Å². The second-order valence-electron chi connectivity index (χ2n) is 11.3. The molecule has 0 radical (unpaired) electrons. The fraction of sp³-hybridized carbons (Fsp3) is 0.179. The van der Waals surface area contributed by atoms with Crippen molar-refractivity contribution in [1.29, 1.82) is 0 Å². The Kier molecular flexibility index (Phi) is 9.90. The van der Waals surface area contributed by atoms with Gasteiger partial charge in [-0.3, -0.25) is 4.18 Å². The predicted molar refractivity (Wildman–Crippen MR) is 185 cm³/mol. The number of hydrogen-bond donors (Lipinski definition) is 0. The summed E-state index contributed by atoms with van der Waals surface area (Å²) < 4.78 is 47.4. The van der Waals surface area contributed by atoms with Crippen LogP contribution < -0.4 is 14.2 Å². The molecule has 0 aliphatic carbocycles. The SMILES string of the molecule is Cc1c(-c2ccc(OCc3ccccc3)cc2)n(Cc2ccc(OCCOS(C)(=O)=O)cc2)c2ccc(OCc3ccccc3)cc12. The zero-order chi connectivity index (χ0) is 32.6. The van der Waals surface area contributed by atoms with Crippen molar-refractivity contribution in [3.63, 3.8) is 0 Å². The van der Waals surface area contributed by atoms with E-state index in [9.17, 15) is 8.42 Å². The van der Waals surface area contributed by atoms with Crippen molar-refractivity contribution in [1.82, 2.24) is 4.57 Å². The maximum atomic E-state index is 11.2. The standard InChI is InChI=1S/C39H37NO6S/c1-29-37-25-36(45-28-32-11-7-4-8-12-32)21-22-38(37)40(26-30-13-17-34(18-14-30)43-23-24-46-47(2,41)42)39(29)33-15-19-35(20-16-33)44-27-31-9-5-3-6-10-31/h3-22,25H,23-24,26-28H2,1-2H3. The molecule has 0 aliphatic rings. The summed E-state index contributed by atoms with van der Waals surface area (Å²) >= 11 is 0. The summed E-state index contributed by atoms with van der Waals surface area (Å²) in [4.78, 5) is 0.